The summed E-state index contributed by atoms with van der Waals surface area (Å²) in [7, 11) is 3.68. The Morgan fingerprint density at radius 2 is 0.743 bits per heavy atom. The summed E-state index contributed by atoms with van der Waals surface area (Å²) in [5.41, 5.74) is 14.2. The SMILES string of the molecule is COc1cc(C#N)ccc1OCc1cccc(COc2ccc(C#N)cc2OC)c1F.COc1cc(C(=N)N)ccc1OCc1cccc(COc2ccc(C(=N)N)cc2OC)c1F.C[Si](C)(C)[N-][Si](C)(C)C.[Li+]. The van der Waals surface area contributed by atoms with Crippen LogP contribution in [0.15, 0.2) is 109 Å². The predicted octanol–water partition coefficient (Wildman–Crippen LogP) is 8.35. The number of hydrogen-bond donors (Lipinski definition) is 4. The Bertz CT molecular complexity index is 2770. The number of nitrogen functional groups attached to an aromatic ring is 2. The van der Waals surface area contributed by atoms with Gasteiger partial charge in [-0.05, 0) is 60.7 Å². The van der Waals surface area contributed by atoms with E-state index in [2.05, 4.69) is 39.3 Å². The van der Waals surface area contributed by atoms with Gasteiger partial charge in [-0.1, -0.05) is 92.2 Å². The molecule has 6 aromatic carbocycles. The molecule has 6 N–H and O–H groups in total. The molecule has 0 aromatic heterocycles. The van der Waals surface area contributed by atoms with Crippen molar-refractivity contribution in [3.63, 3.8) is 0 Å². The molecule has 20 heteroatoms. The van der Waals surface area contributed by atoms with Gasteiger partial charge in [0.15, 0.2) is 46.0 Å². The van der Waals surface area contributed by atoms with Crippen molar-refractivity contribution in [1.82, 2.24) is 0 Å². The van der Waals surface area contributed by atoms with Crippen LogP contribution in [0, 0.1) is 45.1 Å². The molecular formula is C54H62F2LiN7O8Si2. The number of ether oxygens (including phenoxy) is 8. The summed E-state index contributed by atoms with van der Waals surface area (Å²) in [6, 6.07) is 33.2. The van der Waals surface area contributed by atoms with Crippen LogP contribution in [0.25, 0.3) is 4.65 Å². The van der Waals surface area contributed by atoms with Gasteiger partial charge in [0, 0.05) is 45.5 Å². The topological polar surface area (TPSA) is 235 Å². The standard InChI is InChI=1S/C24H25FN4O4.C24H19FN2O4.C6H18NSi2.Li/c1-30-20-10-14(23(26)27)6-8-18(20)32-12-16-4-3-5-17(22(16)25)13-33-19-9-7-15(24(28)29)11-21(19)31-2;1-28-22-10-16(12-26)6-8-20(22)30-14-18-4-3-5-19(24(18)25)15-31-21-9-7-17(13-27)11-23(21)29-2;1-8(2,3)7-9(4,5)6;/h3-11H,12-13H2,1-2H3,(H3,26,27)(H3,28,29);3-11H,14-15H2,1-2H3;1-6H3;/q;;-1;+1. The molecular weight excluding hydrogens is 976 g/mol. The van der Waals surface area contributed by atoms with Gasteiger partial charge in [-0.25, -0.2) is 8.78 Å². The molecule has 0 radical (unpaired) electrons. The van der Waals surface area contributed by atoms with Crippen molar-refractivity contribution in [2.45, 2.75) is 65.7 Å². The van der Waals surface area contributed by atoms with Gasteiger partial charge in [-0.3, -0.25) is 10.8 Å². The molecule has 6 rings (SSSR count). The van der Waals surface area contributed by atoms with Gasteiger partial charge >= 0.3 is 18.9 Å². The molecule has 0 aliphatic rings. The van der Waals surface area contributed by atoms with Gasteiger partial charge in [-0.15, -0.1) is 0 Å². The fourth-order valence-corrected chi connectivity index (χ4v) is 15.0. The number of benzene rings is 6. The quantitative estimate of drug-likeness (QED) is 0.0321. The van der Waals surface area contributed by atoms with E-state index in [-0.39, 0.29) is 57.0 Å². The third-order valence-electron chi connectivity index (χ3n) is 10.1. The molecule has 0 fully saturated rings. The zero-order valence-corrected chi connectivity index (χ0v) is 45.7. The molecule has 0 saturated carbocycles. The van der Waals surface area contributed by atoms with Crippen LogP contribution < -0.4 is 68.2 Å². The number of nitrogens with two attached hydrogens (primary N) is 2. The van der Waals surface area contributed by atoms with Crippen molar-refractivity contribution in [1.29, 1.82) is 21.3 Å². The second-order valence-electron chi connectivity index (χ2n) is 17.9. The second kappa shape index (κ2) is 28.7. The van der Waals surface area contributed by atoms with E-state index in [0.717, 1.165) is 0 Å². The fourth-order valence-electron chi connectivity index (χ4n) is 6.96. The molecule has 384 valence electrons. The van der Waals surface area contributed by atoms with Gasteiger partial charge in [0.2, 0.25) is 0 Å². The molecule has 0 saturated heterocycles. The smallest absolute Gasteiger partial charge is 0.668 e. The van der Waals surface area contributed by atoms with E-state index in [1.54, 1.807) is 109 Å². The summed E-state index contributed by atoms with van der Waals surface area (Å²) in [6.07, 6.45) is 0. The molecule has 0 unspecified atom stereocenters. The third-order valence-corrected chi connectivity index (χ3v) is 15.4. The number of nitrogens with zero attached hydrogens (tertiary/aromatic N) is 3. The Morgan fingerprint density at radius 1 is 0.473 bits per heavy atom. The maximum Gasteiger partial charge on any atom is 1.00 e. The van der Waals surface area contributed by atoms with Gasteiger partial charge in [0.25, 0.3) is 0 Å². The first-order chi connectivity index (χ1) is 34.6. The molecule has 0 spiro atoms. The first-order valence-electron chi connectivity index (χ1n) is 22.6. The minimum absolute atomic E-state index is 0. The molecule has 74 heavy (non-hydrogen) atoms. The number of nitriles is 2. The normalized spacial score (nSPS) is 10.5. The summed E-state index contributed by atoms with van der Waals surface area (Å²) < 4.78 is 78.8. The molecule has 0 atom stereocenters. The van der Waals surface area contributed by atoms with Crippen LogP contribution in [0.5, 0.6) is 46.0 Å². The first kappa shape index (κ1) is 60.8. The van der Waals surface area contributed by atoms with Crippen LogP contribution in [0.2, 0.25) is 39.3 Å². The van der Waals surface area contributed by atoms with Crippen LogP contribution in [0.4, 0.5) is 8.78 Å². The molecule has 0 aliphatic carbocycles. The minimum atomic E-state index is -1.11. The van der Waals surface area contributed by atoms with Crippen molar-refractivity contribution in [3.05, 3.63) is 170 Å². The molecule has 0 amide bonds. The molecule has 0 bridgehead atoms. The van der Waals surface area contributed by atoms with E-state index < -0.39 is 28.1 Å². The van der Waals surface area contributed by atoms with E-state index in [1.807, 2.05) is 12.1 Å². The van der Waals surface area contributed by atoms with Gasteiger partial charge < -0.3 is 54.0 Å². The Hall–Kier alpha value is -7.51. The molecule has 0 heterocycles. The number of hydrogen-bond acceptors (Lipinski definition) is 12. The summed E-state index contributed by atoms with van der Waals surface area (Å²) in [4.78, 5) is 0. The van der Waals surface area contributed by atoms with Crippen molar-refractivity contribution in [2.75, 3.05) is 28.4 Å². The van der Waals surface area contributed by atoms with E-state index in [9.17, 15) is 4.39 Å². The van der Waals surface area contributed by atoms with Gasteiger partial charge in [0.1, 0.15) is 49.7 Å². The molecule has 0 aliphatic heterocycles. The summed E-state index contributed by atoms with van der Waals surface area (Å²) in [5, 5.41) is 33.0. The van der Waals surface area contributed by atoms with Crippen LogP contribution in [-0.4, -0.2) is 56.6 Å². The average Bonchev–Trinajstić information content (AvgIpc) is 3.36. The third kappa shape index (κ3) is 18.5. The van der Waals surface area contributed by atoms with Crippen molar-refractivity contribution in [2.24, 2.45) is 11.5 Å². The van der Waals surface area contributed by atoms with Crippen molar-refractivity contribution >= 4 is 28.1 Å². The zero-order valence-electron chi connectivity index (χ0n) is 43.7. The minimum Gasteiger partial charge on any atom is -0.668 e. The molecule has 6 aromatic rings. The summed E-state index contributed by atoms with van der Waals surface area (Å²) in [6.45, 7) is 13.7. The van der Waals surface area contributed by atoms with Gasteiger partial charge in [-0.2, -0.15) is 10.5 Å². The van der Waals surface area contributed by atoms with Gasteiger partial charge in [0.05, 0.1) is 51.7 Å². The zero-order chi connectivity index (χ0) is 53.9. The Kier molecular flexibility index (Phi) is 23.5. The van der Waals surface area contributed by atoms with Crippen LogP contribution in [-0.2, 0) is 26.4 Å². The van der Waals surface area contributed by atoms with Crippen LogP contribution >= 0.6 is 0 Å². The van der Waals surface area contributed by atoms with E-state index in [4.69, 9.17) is 75.4 Å². The Labute approximate surface area is 446 Å². The Balaban J connectivity index is 0.000000331. The number of rotatable bonds is 20. The van der Waals surface area contributed by atoms with E-state index in [0.29, 0.717) is 90.5 Å². The maximum absolute atomic E-state index is 15.1. The van der Waals surface area contributed by atoms with E-state index in [1.165, 1.54) is 28.4 Å². The fraction of sp³-hybridized carbons (Fsp3) is 0.259. The summed E-state index contributed by atoms with van der Waals surface area (Å²) in [5.74, 6) is 2.12. The molecule has 15 nitrogen and oxygen atoms in total. The summed E-state index contributed by atoms with van der Waals surface area (Å²) >= 11 is 0. The van der Waals surface area contributed by atoms with Crippen LogP contribution in [0.3, 0.4) is 0 Å². The number of amidine groups is 2. The number of halogens is 2. The van der Waals surface area contributed by atoms with E-state index >= 15 is 4.39 Å². The largest absolute Gasteiger partial charge is 1.00 e. The second-order valence-corrected chi connectivity index (χ2v) is 27.5. The van der Waals surface area contributed by atoms with Crippen LogP contribution in [0.1, 0.15) is 44.5 Å². The Morgan fingerprint density at radius 3 is 0.973 bits per heavy atom. The predicted molar refractivity (Wildman–Crippen MR) is 284 cm³/mol. The monoisotopic (exact) mass is 1040 g/mol. The van der Waals surface area contributed by atoms with Crippen molar-refractivity contribution < 1.29 is 65.5 Å². The maximum atomic E-state index is 15.1. The van der Waals surface area contributed by atoms with Crippen molar-refractivity contribution in [3.8, 4) is 58.1 Å². The first-order valence-corrected chi connectivity index (χ1v) is 29.5. The number of nitrogens with one attached hydrogen (secondary N) is 2. The average molecular weight is 1040 g/mol. The number of methoxy groups -OCH3 is 4.